The van der Waals surface area contributed by atoms with Crippen molar-refractivity contribution in [2.24, 2.45) is 12.0 Å². The molecule has 0 radical (unpaired) electrons. The maximum absolute atomic E-state index is 13.2. The van der Waals surface area contributed by atoms with Crippen LogP contribution in [0.15, 0.2) is 23.2 Å². The fourth-order valence-electron chi connectivity index (χ4n) is 2.33. The minimum atomic E-state index is -4.67. The number of nitrogens with zero attached hydrogens (tertiary/aromatic N) is 4. The zero-order valence-corrected chi connectivity index (χ0v) is 18.5. The molecule has 1 aromatic carbocycles. The fourth-order valence-corrected chi connectivity index (χ4v) is 2.33. The van der Waals surface area contributed by atoms with Crippen molar-refractivity contribution in [3.63, 3.8) is 0 Å². The van der Waals surface area contributed by atoms with Crippen molar-refractivity contribution in [1.82, 2.24) is 25.4 Å². The first-order valence-corrected chi connectivity index (χ1v) is 8.44. The second kappa shape index (κ2) is 11.3. The topological polar surface area (TPSA) is 76.4 Å². The van der Waals surface area contributed by atoms with Crippen LogP contribution < -0.4 is 10.6 Å². The highest BCUT2D eigenvalue weighted by atomic mass is 127. The molecule has 2 N–H and O–H groups in total. The van der Waals surface area contributed by atoms with E-state index in [0.29, 0.717) is 25.0 Å². The van der Waals surface area contributed by atoms with E-state index >= 15 is 0 Å². The summed E-state index contributed by atoms with van der Waals surface area (Å²) in [6, 6.07) is 2.53. The van der Waals surface area contributed by atoms with E-state index in [4.69, 9.17) is 4.74 Å². The number of hydrogen-bond acceptors (Lipinski definition) is 4. The number of halogens is 5. The first-order valence-electron chi connectivity index (χ1n) is 8.44. The smallest absolute Gasteiger partial charge is 0.383 e. The van der Waals surface area contributed by atoms with E-state index in [1.807, 2.05) is 0 Å². The summed E-state index contributed by atoms with van der Waals surface area (Å²) in [6.45, 7) is 2.57. The number of benzene rings is 1. The maximum Gasteiger partial charge on any atom is 0.416 e. The number of guanidine groups is 1. The van der Waals surface area contributed by atoms with E-state index in [1.54, 1.807) is 18.5 Å². The van der Waals surface area contributed by atoms with E-state index in [2.05, 4.69) is 25.8 Å². The minimum absolute atomic E-state index is 0. The van der Waals surface area contributed by atoms with Gasteiger partial charge in [0.25, 0.3) is 0 Å². The molecule has 0 aliphatic carbocycles. The predicted molar refractivity (Wildman–Crippen MR) is 110 cm³/mol. The average molecular weight is 530 g/mol. The molecule has 2 aromatic rings. The number of aliphatic imine (C=N–C) groups is 1. The van der Waals surface area contributed by atoms with Crippen LogP contribution in [0, 0.1) is 12.7 Å². The summed E-state index contributed by atoms with van der Waals surface area (Å²) in [5.41, 5.74) is -1.17. The van der Waals surface area contributed by atoms with Gasteiger partial charge in [-0.1, -0.05) is 6.07 Å². The number of nitrogens with one attached hydrogen (secondary N) is 2. The summed E-state index contributed by atoms with van der Waals surface area (Å²) in [5.74, 6) is 0.685. The molecule has 0 atom stereocenters. The fraction of sp³-hybridized carbons (Fsp3) is 0.471. The van der Waals surface area contributed by atoms with Crippen LogP contribution in [0.2, 0.25) is 0 Å². The summed E-state index contributed by atoms with van der Waals surface area (Å²) in [7, 11) is 3.33. The highest BCUT2D eigenvalue weighted by Gasteiger charge is 2.33. The van der Waals surface area contributed by atoms with E-state index < -0.39 is 17.6 Å². The van der Waals surface area contributed by atoms with Crippen LogP contribution >= 0.6 is 24.0 Å². The maximum atomic E-state index is 13.2. The van der Waals surface area contributed by atoms with Gasteiger partial charge in [0, 0.05) is 20.7 Å². The van der Waals surface area contributed by atoms with Crippen LogP contribution in [0.25, 0.3) is 0 Å². The number of alkyl halides is 3. The van der Waals surface area contributed by atoms with Crippen molar-refractivity contribution in [1.29, 1.82) is 0 Å². The summed E-state index contributed by atoms with van der Waals surface area (Å²) >= 11 is 0. The molecule has 0 unspecified atom stereocenters. The number of hydrogen-bond donors (Lipinski definition) is 2. The second-order valence-electron chi connectivity index (χ2n) is 5.96. The molecule has 2 rings (SSSR count). The molecule has 29 heavy (non-hydrogen) atoms. The molecule has 0 fully saturated rings. The number of aromatic nitrogens is 3. The Morgan fingerprint density at radius 2 is 1.97 bits per heavy atom. The quantitative estimate of drug-likeness (QED) is 0.190. The number of rotatable bonds is 7. The Hall–Kier alpha value is -1.96. The van der Waals surface area contributed by atoms with Gasteiger partial charge in [-0.05, 0) is 24.6 Å². The standard InChI is InChI=1S/C17H22F4N6O.HI/c1-11-25-26-15(27(11)2)10-24-16(22-6-7-28-3)23-9-12-4-5-13(18)8-14(12)17(19,20)21;/h4-5,8H,6-7,9-10H2,1-3H3,(H2,22,23,24);1H. The van der Waals surface area contributed by atoms with Crippen molar-refractivity contribution in [2.75, 3.05) is 20.3 Å². The lowest BCUT2D eigenvalue weighted by molar-refractivity contribution is -0.138. The SMILES string of the molecule is COCCNC(=NCc1ccc(F)cc1C(F)(F)F)NCc1nnc(C)n1C.I. The molecule has 1 heterocycles. The highest BCUT2D eigenvalue weighted by molar-refractivity contribution is 14.0. The van der Waals surface area contributed by atoms with Crippen LogP contribution in [0.4, 0.5) is 17.6 Å². The van der Waals surface area contributed by atoms with Crippen LogP contribution in [0.3, 0.4) is 0 Å². The van der Waals surface area contributed by atoms with Crippen LogP contribution in [0.5, 0.6) is 0 Å². The third-order valence-corrected chi connectivity index (χ3v) is 3.98. The zero-order chi connectivity index (χ0) is 20.7. The van der Waals surface area contributed by atoms with Gasteiger partial charge in [0.2, 0.25) is 0 Å². The number of aryl methyl sites for hydroxylation is 1. The van der Waals surface area contributed by atoms with Gasteiger partial charge in [-0.15, -0.1) is 34.2 Å². The van der Waals surface area contributed by atoms with Crippen molar-refractivity contribution in [2.45, 2.75) is 26.2 Å². The second-order valence-corrected chi connectivity index (χ2v) is 5.96. The Morgan fingerprint density at radius 3 is 2.55 bits per heavy atom. The van der Waals surface area contributed by atoms with Crippen LogP contribution in [-0.2, 0) is 31.1 Å². The predicted octanol–water partition coefficient (Wildman–Crippen LogP) is 2.78. The van der Waals surface area contributed by atoms with Crippen LogP contribution in [0.1, 0.15) is 22.8 Å². The Labute approximate surface area is 183 Å². The zero-order valence-electron chi connectivity index (χ0n) is 16.2. The van der Waals surface area contributed by atoms with Gasteiger partial charge in [0.1, 0.15) is 11.6 Å². The van der Waals surface area contributed by atoms with Crippen molar-refractivity contribution in [3.05, 3.63) is 46.8 Å². The summed E-state index contributed by atoms with van der Waals surface area (Å²) < 4.78 is 59.4. The van der Waals surface area contributed by atoms with Gasteiger partial charge in [-0.2, -0.15) is 13.2 Å². The lowest BCUT2D eigenvalue weighted by Crippen LogP contribution is -2.39. The Morgan fingerprint density at radius 1 is 1.24 bits per heavy atom. The largest absolute Gasteiger partial charge is 0.416 e. The third-order valence-electron chi connectivity index (χ3n) is 3.98. The summed E-state index contributed by atoms with van der Waals surface area (Å²) in [4.78, 5) is 4.18. The molecule has 162 valence electrons. The molecule has 0 aliphatic heterocycles. The van der Waals surface area contributed by atoms with Crippen molar-refractivity contribution in [3.8, 4) is 0 Å². The van der Waals surface area contributed by atoms with E-state index in [-0.39, 0.29) is 48.6 Å². The molecule has 0 amide bonds. The minimum Gasteiger partial charge on any atom is -0.383 e. The Bertz CT molecular complexity index is 825. The molecule has 0 spiro atoms. The Kier molecular flexibility index (Phi) is 9.76. The lowest BCUT2D eigenvalue weighted by atomic mass is 10.1. The molecule has 1 aromatic heterocycles. The van der Waals surface area contributed by atoms with Gasteiger partial charge in [-0.3, -0.25) is 0 Å². The Balaban J connectivity index is 0.00000420. The molecule has 0 bridgehead atoms. The molecular formula is C17H23F4IN6O. The molecule has 12 heteroatoms. The molecule has 0 saturated heterocycles. The van der Waals surface area contributed by atoms with E-state index in [0.717, 1.165) is 18.0 Å². The van der Waals surface area contributed by atoms with E-state index in [1.165, 1.54) is 7.11 Å². The van der Waals surface area contributed by atoms with Gasteiger partial charge < -0.3 is 19.9 Å². The normalized spacial score (nSPS) is 11.9. The lowest BCUT2D eigenvalue weighted by Gasteiger charge is -2.14. The average Bonchev–Trinajstić information content (AvgIpc) is 2.95. The molecule has 7 nitrogen and oxygen atoms in total. The summed E-state index contributed by atoms with van der Waals surface area (Å²) in [5, 5.41) is 13.9. The monoisotopic (exact) mass is 530 g/mol. The van der Waals surface area contributed by atoms with Crippen LogP contribution in [-0.4, -0.2) is 41.0 Å². The molecular weight excluding hydrogens is 507 g/mol. The highest BCUT2D eigenvalue weighted by Crippen LogP contribution is 2.32. The summed E-state index contributed by atoms with van der Waals surface area (Å²) in [6.07, 6.45) is -4.67. The van der Waals surface area contributed by atoms with Crippen molar-refractivity contribution < 1.29 is 22.3 Å². The first-order chi connectivity index (χ1) is 13.2. The number of ether oxygens (including phenoxy) is 1. The van der Waals surface area contributed by atoms with E-state index in [9.17, 15) is 17.6 Å². The first kappa shape index (κ1) is 25.1. The molecule has 0 aliphatic rings. The van der Waals surface area contributed by atoms with Gasteiger partial charge in [0.05, 0.1) is 25.3 Å². The van der Waals surface area contributed by atoms with Gasteiger partial charge in [-0.25, -0.2) is 9.38 Å². The van der Waals surface area contributed by atoms with Gasteiger partial charge in [0.15, 0.2) is 11.8 Å². The molecule has 0 saturated carbocycles. The number of methoxy groups -OCH3 is 1. The van der Waals surface area contributed by atoms with Crippen molar-refractivity contribution >= 4 is 29.9 Å². The third kappa shape index (κ3) is 7.42. The van der Waals surface area contributed by atoms with Gasteiger partial charge >= 0.3 is 6.18 Å².